The highest BCUT2D eigenvalue weighted by molar-refractivity contribution is 6.08. The number of furan rings is 1. The first-order chi connectivity index (χ1) is 11.3. The first-order valence-electron chi connectivity index (χ1n) is 7.73. The summed E-state index contributed by atoms with van der Waals surface area (Å²) in [5.74, 6) is 1.10. The molecular weight excluding hydrogens is 290 g/mol. The molecular formula is C19H17NO3. The molecule has 3 aromatic rings. The lowest BCUT2D eigenvalue weighted by Crippen LogP contribution is -2.42. The predicted molar refractivity (Wildman–Crippen MR) is 88.7 cm³/mol. The van der Waals surface area contributed by atoms with E-state index in [1.807, 2.05) is 53.4 Å². The maximum atomic E-state index is 12.7. The monoisotopic (exact) mass is 307 g/mol. The van der Waals surface area contributed by atoms with Gasteiger partial charge in [0, 0.05) is 30.1 Å². The molecule has 0 aliphatic carbocycles. The number of hydrogen-bond acceptors (Lipinski definition) is 3. The Balaban J connectivity index is 1.94. The molecule has 2 aromatic carbocycles. The minimum Gasteiger partial charge on any atom is -0.497 e. The first-order valence-corrected chi connectivity index (χ1v) is 7.73. The highest BCUT2D eigenvalue weighted by Crippen LogP contribution is 2.37. The molecule has 4 nitrogen and oxygen atoms in total. The Kier molecular flexibility index (Phi) is 3.30. The molecule has 0 N–H and O–H groups in total. The van der Waals surface area contributed by atoms with E-state index in [-0.39, 0.29) is 5.91 Å². The van der Waals surface area contributed by atoms with Crippen molar-refractivity contribution in [1.82, 2.24) is 4.90 Å². The molecule has 0 radical (unpaired) electrons. The highest BCUT2D eigenvalue weighted by Gasteiger charge is 2.29. The summed E-state index contributed by atoms with van der Waals surface area (Å²) < 4.78 is 11.2. The second-order valence-corrected chi connectivity index (χ2v) is 5.68. The van der Waals surface area contributed by atoms with E-state index >= 15 is 0 Å². The molecule has 4 heteroatoms. The molecule has 0 atom stereocenters. The number of methoxy groups -OCH3 is 1. The van der Waals surface area contributed by atoms with Crippen LogP contribution in [0.3, 0.4) is 0 Å². The largest absolute Gasteiger partial charge is 0.497 e. The molecule has 4 rings (SSSR count). The fourth-order valence-electron chi connectivity index (χ4n) is 2.91. The van der Waals surface area contributed by atoms with Crippen molar-refractivity contribution < 1.29 is 13.9 Å². The van der Waals surface area contributed by atoms with Gasteiger partial charge in [-0.05, 0) is 24.1 Å². The lowest BCUT2D eigenvalue weighted by Gasteiger charge is -2.30. The van der Waals surface area contributed by atoms with Crippen LogP contribution < -0.4 is 4.74 Å². The summed E-state index contributed by atoms with van der Waals surface area (Å²) in [5.41, 5.74) is 2.52. The number of rotatable bonds is 3. The molecule has 0 unspecified atom stereocenters. The molecule has 1 aliphatic rings. The Morgan fingerprint density at radius 3 is 2.57 bits per heavy atom. The summed E-state index contributed by atoms with van der Waals surface area (Å²) in [7, 11) is 1.62. The Labute approximate surface area is 134 Å². The van der Waals surface area contributed by atoms with Crippen molar-refractivity contribution in [3.05, 3.63) is 54.3 Å². The number of amides is 1. The highest BCUT2D eigenvalue weighted by atomic mass is 16.5. The maximum Gasteiger partial charge on any atom is 0.290 e. The van der Waals surface area contributed by atoms with Crippen LogP contribution in [-0.4, -0.2) is 31.0 Å². The average Bonchev–Trinajstić information content (AvgIpc) is 2.92. The molecule has 2 heterocycles. The van der Waals surface area contributed by atoms with Gasteiger partial charge >= 0.3 is 0 Å². The van der Waals surface area contributed by atoms with E-state index in [1.165, 1.54) is 0 Å². The van der Waals surface area contributed by atoms with Crippen LogP contribution in [0.25, 0.3) is 22.1 Å². The van der Waals surface area contributed by atoms with Gasteiger partial charge in [-0.15, -0.1) is 0 Å². The van der Waals surface area contributed by atoms with Gasteiger partial charge in [0.1, 0.15) is 11.3 Å². The Morgan fingerprint density at radius 1 is 1.13 bits per heavy atom. The van der Waals surface area contributed by atoms with Gasteiger partial charge in [-0.1, -0.05) is 30.3 Å². The summed E-state index contributed by atoms with van der Waals surface area (Å²) in [4.78, 5) is 14.6. The van der Waals surface area contributed by atoms with Gasteiger partial charge in [-0.3, -0.25) is 4.79 Å². The third-order valence-corrected chi connectivity index (χ3v) is 4.30. The minimum absolute atomic E-state index is 0.0368. The number of hydrogen-bond donors (Lipinski definition) is 0. The molecule has 1 aliphatic heterocycles. The van der Waals surface area contributed by atoms with E-state index in [1.54, 1.807) is 7.11 Å². The molecule has 1 amide bonds. The zero-order valence-corrected chi connectivity index (χ0v) is 12.9. The van der Waals surface area contributed by atoms with Crippen LogP contribution in [0.4, 0.5) is 0 Å². The summed E-state index contributed by atoms with van der Waals surface area (Å²) in [6, 6.07) is 15.6. The lowest BCUT2D eigenvalue weighted by atomic mass is 10.0. The summed E-state index contributed by atoms with van der Waals surface area (Å²) in [6.45, 7) is 1.60. The molecule has 0 spiro atoms. The number of carbonyl (C=O) groups excluding carboxylic acids is 1. The van der Waals surface area contributed by atoms with Gasteiger partial charge in [0.15, 0.2) is 0 Å². The molecule has 1 fully saturated rings. The van der Waals surface area contributed by atoms with Gasteiger partial charge in [0.05, 0.1) is 7.11 Å². The molecule has 116 valence electrons. The number of likely N-dealkylation sites (tertiary alicyclic amines) is 1. The topological polar surface area (TPSA) is 42.7 Å². The van der Waals surface area contributed by atoms with Crippen molar-refractivity contribution in [2.75, 3.05) is 20.2 Å². The number of fused-ring (bicyclic) bond motifs is 1. The summed E-state index contributed by atoms with van der Waals surface area (Å²) in [5, 5.41) is 0.931. The van der Waals surface area contributed by atoms with Gasteiger partial charge in [-0.25, -0.2) is 0 Å². The van der Waals surface area contributed by atoms with Crippen molar-refractivity contribution >= 4 is 16.9 Å². The predicted octanol–water partition coefficient (Wildman–Crippen LogP) is 3.95. The number of nitrogens with zero attached hydrogens (tertiary/aromatic N) is 1. The third-order valence-electron chi connectivity index (χ3n) is 4.30. The number of carbonyl (C=O) groups is 1. The lowest BCUT2D eigenvalue weighted by molar-refractivity contribution is 0.0622. The van der Waals surface area contributed by atoms with Crippen LogP contribution in [0, 0.1) is 0 Å². The van der Waals surface area contributed by atoms with Gasteiger partial charge in [-0.2, -0.15) is 0 Å². The van der Waals surface area contributed by atoms with E-state index in [0.29, 0.717) is 17.1 Å². The van der Waals surface area contributed by atoms with Crippen molar-refractivity contribution in [3.8, 4) is 16.9 Å². The number of ether oxygens (including phenoxy) is 1. The smallest absolute Gasteiger partial charge is 0.290 e. The van der Waals surface area contributed by atoms with Crippen molar-refractivity contribution in [1.29, 1.82) is 0 Å². The normalized spacial score (nSPS) is 13.9. The Morgan fingerprint density at radius 2 is 1.91 bits per heavy atom. The van der Waals surface area contributed by atoms with Crippen molar-refractivity contribution in [2.24, 2.45) is 0 Å². The zero-order chi connectivity index (χ0) is 15.8. The first kappa shape index (κ1) is 13.9. The van der Waals surface area contributed by atoms with E-state index in [2.05, 4.69) is 0 Å². The number of benzene rings is 2. The van der Waals surface area contributed by atoms with Gasteiger partial charge < -0.3 is 14.1 Å². The second kappa shape index (κ2) is 5.47. The van der Waals surface area contributed by atoms with Gasteiger partial charge in [0.2, 0.25) is 5.76 Å². The fourth-order valence-corrected chi connectivity index (χ4v) is 2.91. The molecule has 1 aromatic heterocycles. The van der Waals surface area contributed by atoms with Crippen molar-refractivity contribution in [3.63, 3.8) is 0 Å². The van der Waals surface area contributed by atoms with Crippen LogP contribution in [0.15, 0.2) is 52.9 Å². The minimum atomic E-state index is -0.0368. The molecule has 0 bridgehead atoms. The van der Waals surface area contributed by atoms with Crippen LogP contribution in [0.5, 0.6) is 5.75 Å². The SMILES string of the molecule is COc1ccc2c(-c3ccccc3)c(C(=O)N3CCC3)oc2c1. The standard InChI is InChI=1S/C19H17NO3/c1-22-14-8-9-15-16(12-14)23-18(19(21)20-10-5-11-20)17(15)13-6-3-2-4-7-13/h2-4,6-9,12H,5,10-11H2,1H3. The average molecular weight is 307 g/mol. The van der Waals surface area contributed by atoms with E-state index < -0.39 is 0 Å². The quantitative estimate of drug-likeness (QED) is 0.735. The third kappa shape index (κ3) is 2.27. The Hall–Kier alpha value is -2.75. The molecule has 0 saturated carbocycles. The van der Waals surface area contributed by atoms with E-state index in [9.17, 15) is 4.79 Å². The fraction of sp³-hybridized carbons (Fsp3) is 0.211. The maximum absolute atomic E-state index is 12.7. The van der Waals surface area contributed by atoms with Crippen LogP contribution in [0.2, 0.25) is 0 Å². The zero-order valence-electron chi connectivity index (χ0n) is 12.9. The van der Waals surface area contributed by atoms with Crippen molar-refractivity contribution in [2.45, 2.75) is 6.42 Å². The van der Waals surface area contributed by atoms with Crippen LogP contribution in [0.1, 0.15) is 17.0 Å². The van der Waals surface area contributed by atoms with Crippen LogP contribution in [-0.2, 0) is 0 Å². The molecule has 1 saturated heterocycles. The summed E-state index contributed by atoms with van der Waals surface area (Å²) >= 11 is 0. The second-order valence-electron chi connectivity index (χ2n) is 5.68. The van der Waals surface area contributed by atoms with E-state index in [0.717, 1.165) is 36.0 Å². The van der Waals surface area contributed by atoms with E-state index in [4.69, 9.17) is 9.15 Å². The Bertz CT molecular complexity index is 863. The van der Waals surface area contributed by atoms with Gasteiger partial charge in [0.25, 0.3) is 5.91 Å². The summed E-state index contributed by atoms with van der Waals surface area (Å²) in [6.07, 6.45) is 1.06. The molecule has 23 heavy (non-hydrogen) atoms. The van der Waals surface area contributed by atoms with Crippen LogP contribution >= 0.6 is 0 Å².